The van der Waals surface area contributed by atoms with Gasteiger partial charge in [0.15, 0.2) is 0 Å². The van der Waals surface area contributed by atoms with Gasteiger partial charge >= 0.3 is 6.71 Å². The van der Waals surface area contributed by atoms with Crippen LogP contribution in [0.15, 0.2) is 136 Å². The maximum atomic E-state index is 16.0. The van der Waals surface area contributed by atoms with E-state index in [1.807, 2.05) is 12.1 Å². The molecule has 6 heterocycles. The third-order valence-corrected chi connectivity index (χ3v) is 12.6. The van der Waals surface area contributed by atoms with Crippen molar-refractivity contribution in [3.63, 3.8) is 0 Å². The molecule has 4 nitrogen and oxygen atoms in total. The van der Waals surface area contributed by atoms with Crippen LogP contribution in [-0.4, -0.2) is 15.8 Å². The fraction of sp³-hybridized carbons (Fsp3) is 0.0417. The van der Waals surface area contributed by atoms with Gasteiger partial charge in [0.05, 0.1) is 27.5 Å². The van der Waals surface area contributed by atoms with Crippen molar-refractivity contribution in [3.05, 3.63) is 144 Å². The van der Waals surface area contributed by atoms with Crippen LogP contribution in [0.2, 0.25) is 0 Å². The molecule has 2 aliphatic heterocycles. The molecule has 54 heavy (non-hydrogen) atoms. The van der Waals surface area contributed by atoms with Gasteiger partial charge < -0.3 is 18.0 Å². The van der Waals surface area contributed by atoms with Crippen molar-refractivity contribution in [1.29, 1.82) is 0 Å². The van der Waals surface area contributed by atoms with Crippen molar-refractivity contribution in [1.82, 2.24) is 9.13 Å². The van der Waals surface area contributed by atoms with Gasteiger partial charge in [-0.2, -0.15) is 0 Å². The number of furan rings is 2. The summed E-state index contributed by atoms with van der Waals surface area (Å²) >= 11 is 0. The molecule has 0 unspecified atom stereocenters. The van der Waals surface area contributed by atoms with Gasteiger partial charge in [0.1, 0.15) is 28.5 Å². The molecule has 11 aromatic rings. The minimum absolute atomic E-state index is 0.247. The highest BCUT2D eigenvalue weighted by molar-refractivity contribution is 6.99. The SMILES string of the molecule is Fc1ccccc1-c1cc2c3c(c1)-n1c4cccc5cccc(c6cccc7oc(c1c76)B3c1oc3c6c(c7cccc8cccc(c87)n-2c16)=CCC3)c54. The van der Waals surface area contributed by atoms with E-state index in [2.05, 4.69) is 118 Å². The Balaban J connectivity index is 1.31. The van der Waals surface area contributed by atoms with Crippen molar-refractivity contribution in [2.45, 2.75) is 12.8 Å². The molecule has 14 rings (SSSR count). The molecule has 3 aliphatic rings. The zero-order chi connectivity index (χ0) is 35.0. The number of benzene rings is 7. The van der Waals surface area contributed by atoms with Gasteiger partial charge in [0.25, 0.3) is 0 Å². The lowest BCUT2D eigenvalue weighted by molar-refractivity contribution is 0.541. The molecular formula is C48H26BFN2O2. The molecule has 7 aromatic carbocycles. The number of fused-ring (bicyclic) bond motifs is 8. The highest BCUT2D eigenvalue weighted by Crippen LogP contribution is 2.43. The molecule has 4 aromatic heterocycles. The van der Waals surface area contributed by atoms with Crippen molar-refractivity contribution in [3.8, 4) is 22.5 Å². The molecule has 0 radical (unpaired) electrons. The van der Waals surface area contributed by atoms with Crippen molar-refractivity contribution < 1.29 is 13.2 Å². The van der Waals surface area contributed by atoms with Gasteiger partial charge in [-0.15, -0.1) is 0 Å². The van der Waals surface area contributed by atoms with E-state index in [1.54, 1.807) is 12.1 Å². The molecule has 0 saturated heterocycles. The molecule has 0 fully saturated rings. The first-order chi connectivity index (χ1) is 26.7. The number of aromatic nitrogens is 2. The molecule has 6 heteroatoms. The second kappa shape index (κ2) is 9.41. The smallest absolute Gasteiger partial charge is 0.342 e. The van der Waals surface area contributed by atoms with E-state index >= 15 is 4.39 Å². The lowest BCUT2D eigenvalue weighted by Crippen LogP contribution is -2.58. The first-order valence-corrected chi connectivity index (χ1v) is 18.7. The molecular weight excluding hydrogens is 666 g/mol. The fourth-order valence-corrected chi connectivity index (χ4v) is 10.6. The monoisotopic (exact) mass is 692 g/mol. The summed E-state index contributed by atoms with van der Waals surface area (Å²) in [5.74, 6) is 0.765. The highest BCUT2D eigenvalue weighted by Gasteiger charge is 2.46. The zero-order valence-electron chi connectivity index (χ0n) is 28.8. The quantitative estimate of drug-likeness (QED) is 0.161. The molecule has 0 saturated carbocycles. The topological polar surface area (TPSA) is 36.1 Å². The van der Waals surface area contributed by atoms with Crippen LogP contribution < -0.4 is 22.0 Å². The Labute approximate surface area is 306 Å². The number of hydrogen-bond donors (Lipinski definition) is 0. The predicted molar refractivity (Wildman–Crippen MR) is 219 cm³/mol. The molecule has 0 atom stereocenters. The third-order valence-electron chi connectivity index (χ3n) is 12.6. The second-order valence-corrected chi connectivity index (χ2v) is 15.1. The summed E-state index contributed by atoms with van der Waals surface area (Å²) in [5, 5.41) is 11.8. The van der Waals surface area contributed by atoms with E-state index in [0.29, 0.717) is 5.56 Å². The van der Waals surface area contributed by atoms with Gasteiger partial charge in [-0.05, 0) is 86.0 Å². The van der Waals surface area contributed by atoms with E-state index < -0.39 is 0 Å². The molecule has 0 amide bonds. The summed E-state index contributed by atoms with van der Waals surface area (Å²) in [4.78, 5) is 0. The summed E-state index contributed by atoms with van der Waals surface area (Å²) in [7, 11) is 0. The van der Waals surface area contributed by atoms with Gasteiger partial charge in [0.2, 0.25) is 0 Å². The lowest BCUT2D eigenvalue weighted by atomic mass is 9.38. The molecule has 0 bridgehead atoms. The normalized spacial score (nSPS) is 14.0. The van der Waals surface area contributed by atoms with Crippen molar-refractivity contribution >= 4 is 106 Å². The summed E-state index contributed by atoms with van der Waals surface area (Å²) in [5.41, 5.74) is 11.4. The number of hydrogen-bond acceptors (Lipinski definition) is 2. The lowest BCUT2D eigenvalue weighted by Gasteiger charge is -2.31. The van der Waals surface area contributed by atoms with Gasteiger partial charge in [0, 0.05) is 39.5 Å². The maximum absolute atomic E-state index is 16.0. The summed E-state index contributed by atoms with van der Waals surface area (Å²) in [6.45, 7) is -0.324. The summed E-state index contributed by atoms with van der Waals surface area (Å²) in [6, 6.07) is 44.3. The van der Waals surface area contributed by atoms with Crippen LogP contribution in [0.5, 0.6) is 0 Å². The first kappa shape index (κ1) is 27.8. The van der Waals surface area contributed by atoms with E-state index in [-0.39, 0.29) is 12.5 Å². The van der Waals surface area contributed by atoms with E-state index in [4.69, 9.17) is 8.83 Å². The Kier molecular flexibility index (Phi) is 4.85. The van der Waals surface area contributed by atoms with Crippen LogP contribution >= 0.6 is 0 Å². The van der Waals surface area contributed by atoms with Crippen LogP contribution in [-0.2, 0) is 6.42 Å². The first-order valence-electron chi connectivity index (χ1n) is 18.7. The minimum Gasteiger partial charge on any atom is -0.472 e. The average molecular weight is 693 g/mol. The Morgan fingerprint density at radius 1 is 0.574 bits per heavy atom. The zero-order valence-corrected chi connectivity index (χ0v) is 28.8. The van der Waals surface area contributed by atoms with Crippen LogP contribution in [0.25, 0.3) is 105 Å². The predicted octanol–water partition coefficient (Wildman–Crippen LogP) is 9.48. The van der Waals surface area contributed by atoms with Crippen LogP contribution in [0.3, 0.4) is 0 Å². The number of halogens is 1. The largest absolute Gasteiger partial charge is 0.472 e. The van der Waals surface area contributed by atoms with Crippen LogP contribution in [0.1, 0.15) is 12.2 Å². The van der Waals surface area contributed by atoms with Crippen molar-refractivity contribution in [2.75, 3.05) is 0 Å². The minimum atomic E-state index is -0.324. The number of nitrogens with zero attached hydrogens (tertiary/aromatic N) is 2. The Bertz CT molecular complexity index is 3640. The van der Waals surface area contributed by atoms with Crippen LogP contribution in [0, 0.1) is 5.82 Å². The molecule has 1 aliphatic carbocycles. The Hall–Kier alpha value is -6.79. The van der Waals surface area contributed by atoms with Crippen LogP contribution in [0.4, 0.5) is 4.39 Å². The Morgan fingerprint density at radius 2 is 1.19 bits per heavy atom. The summed E-state index contributed by atoms with van der Waals surface area (Å²) in [6.07, 6.45) is 4.12. The maximum Gasteiger partial charge on any atom is 0.342 e. The highest BCUT2D eigenvalue weighted by atomic mass is 19.1. The fourth-order valence-electron chi connectivity index (χ4n) is 10.6. The van der Waals surface area contributed by atoms with Gasteiger partial charge in [-0.3, -0.25) is 0 Å². The van der Waals surface area contributed by atoms with E-state index in [9.17, 15) is 0 Å². The molecule has 250 valence electrons. The number of aryl methyl sites for hydroxylation is 1. The second-order valence-electron chi connectivity index (χ2n) is 15.1. The average Bonchev–Trinajstić information content (AvgIpc) is 3.72. The van der Waals surface area contributed by atoms with Gasteiger partial charge in [-0.1, -0.05) is 97.1 Å². The molecule has 0 N–H and O–H groups in total. The molecule has 0 spiro atoms. The van der Waals surface area contributed by atoms with Gasteiger partial charge in [-0.25, -0.2) is 4.39 Å². The Morgan fingerprint density at radius 3 is 1.93 bits per heavy atom. The van der Waals surface area contributed by atoms with E-state index in [1.165, 1.54) is 37.5 Å². The van der Waals surface area contributed by atoms with Crippen molar-refractivity contribution in [2.24, 2.45) is 0 Å². The number of rotatable bonds is 1. The summed E-state index contributed by atoms with van der Waals surface area (Å²) < 4.78 is 35.3. The third kappa shape index (κ3) is 3.12. The standard InChI is InChI=1S/C48H26BFN2O2/c50-33-18-2-1-13-28(33)27-23-36-44-37(24-27)52-35-20-6-12-26-10-4-15-30(41(26)35)32-17-8-22-39-43(32)46(52)48(54-39)49(44)47-45-42-31(16-7-21-38(42)53-47)29-14-3-9-25-11-5-19-34(40(25)29)51(36)45/h1-7,9-21,23-24H,8,22H2. The van der Waals surface area contributed by atoms with E-state index in [0.717, 1.165) is 96.1 Å².